The second-order valence-corrected chi connectivity index (χ2v) is 6.08. The molecule has 26 heavy (non-hydrogen) atoms. The monoisotopic (exact) mass is 378 g/mol. The molecule has 1 N–H and O–H groups in total. The summed E-state index contributed by atoms with van der Waals surface area (Å²) in [5.74, 6) is -1.88. The van der Waals surface area contributed by atoms with Crippen LogP contribution in [0.15, 0.2) is 52.3 Å². The number of non-ortho nitro benzene ring substituents is 1. The molecule has 0 aliphatic carbocycles. The number of carbonyl (C=O) groups is 2. The summed E-state index contributed by atoms with van der Waals surface area (Å²) >= 11 is 0.935. The molecule has 2 rings (SSSR count). The van der Waals surface area contributed by atoms with Gasteiger partial charge in [-0.05, 0) is 25.1 Å². The number of halogens is 1. The van der Waals surface area contributed by atoms with Crippen LogP contribution >= 0.6 is 11.8 Å². The van der Waals surface area contributed by atoms with Crippen LogP contribution in [0.3, 0.4) is 0 Å². The third kappa shape index (κ3) is 5.03. The Labute approximate surface area is 152 Å². The molecular formula is C17H15FN2O5S. The van der Waals surface area contributed by atoms with E-state index in [2.05, 4.69) is 5.32 Å². The van der Waals surface area contributed by atoms with Gasteiger partial charge in [0.2, 0.25) is 0 Å². The predicted octanol–water partition coefficient (Wildman–Crippen LogP) is 3.18. The van der Waals surface area contributed by atoms with Gasteiger partial charge in [0.05, 0.1) is 10.5 Å². The second kappa shape index (κ2) is 8.95. The summed E-state index contributed by atoms with van der Waals surface area (Å²) < 4.78 is 18.8. The Morgan fingerprint density at radius 2 is 1.96 bits per heavy atom. The molecule has 0 aliphatic rings. The van der Waals surface area contributed by atoms with Gasteiger partial charge in [-0.25, -0.2) is 9.18 Å². The summed E-state index contributed by atoms with van der Waals surface area (Å²) in [6.45, 7) is 1.57. The Kier molecular flexibility index (Phi) is 6.67. The zero-order valence-electron chi connectivity index (χ0n) is 13.7. The third-order valence-corrected chi connectivity index (χ3v) is 4.29. The summed E-state index contributed by atoms with van der Waals surface area (Å²) in [4.78, 5) is 34.6. The van der Waals surface area contributed by atoms with Gasteiger partial charge in [0.25, 0.3) is 11.6 Å². The highest BCUT2D eigenvalue weighted by Crippen LogP contribution is 2.34. The Balaban J connectivity index is 2.30. The molecule has 0 radical (unpaired) electrons. The van der Waals surface area contributed by atoms with Crippen LogP contribution in [0, 0.1) is 15.9 Å². The Hall–Kier alpha value is -2.94. The zero-order chi connectivity index (χ0) is 19.1. The van der Waals surface area contributed by atoms with E-state index in [9.17, 15) is 24.1 Å². The molecule has 0 saturated heterocycles. The van der Waals surface area contributed by atoms with E-state index in [1.807, 2.05) is 0 Å². The average molecular weight is 378 g/mol. The largest absolute Gasteiger partial charge is 0.452 e. The number of likely N-dealkylation sites (N-methyl/N-ethyl adjacent to an activating group) is 1. The van der Waals surface area contributed by atoms with Crippen LogP contribution in [0.4, 0.5) is 10.1 Å². The fraction of sp³-hybridized carbons (Fsp3) is 0.176. The number of esters is 1. The molecule has 0 unspecified atom stereocenters. The first kappa shape index (κ1) is 19.4. The predicted molar refractivity (Wildman–Crippen MR) is 92.6 cm³/mol. The highest BCUT2D eigenvalue weighted by molar-refractivity contribution is 7.99. The second-order valence-electron chi connectivity index (χ2n) is 5.00. The summed E-state index contributed by atoms with van der Waals surface area (Å²) in [5, 5.41) is 13.4. The quantitative estimate of drug-likeness (QED) is 0.451. The molecule has 0 heterocycles. The molecule has 7 nitrogen and oxygen atoms in total. The minimum atomic E-state index is -0.904. The van der Waals surface area contributed by atoms with Crippen molar-refractivity contribution in [2.75, 3.05) is 13.2 Å². The molecule has 0 atom stereocenters. The number of hydrogen-bond acceptors (Lipinski definition) is 6. The maximum Gasteiger partial charge on any atom is 0.340 e. The van der Waals surface area contributed by atoms with Gasteiger partial charge in [0, 0.05) is 28.5 Å². The number of benzene rings is 2. The van der Waals surface area contributed by atoms with Crippen molar-refractivity contribution in [1.82, 2.24) is 5.32 Å². The summed E-state index contributed by atoms with van der Waals surface area (Å²) in [7, 11) is 0. The van der Waals surface area contributed by atoms with Crippen molar-refractivity contribution in [3.63, 3.8) is 0 Å². The average Bonchev–Trinajstić information content (AvgIpc) is 2.62. The molecule has 0 aromatic heterocycles. The van der Waals surface area contributed by atoms with Crippen LogP contribution < -0.4 is 5.32 Å². The van der Waals surface area contributed by atoms with Crippen molar-refractivity contribution in [3.8, 4) is 0 Å². The van der Waals surface area contributed by atoms with E-state index in [4.69, 9.17) is 4.74 Å². The number of nitrogens with one attached hydrogen (secondary N) is 1. The first-order chi connectivity index (χ1) is 12.4. The number of nitro benzene ring substituents is 1. The highest BCUT2D eigenvalue weighted by Gasteiger charge is 2.20. The number of ether oxygens (including phenoxy) is 1. The normalized spacial score (nSPS) is 10.2. The van der Waals surface area contributed by atoms with E-state index in [1.54, 1.807) is 13.0 Å². The minimum Gasteiger partial charge on any atom is -0.452 e. The van der Waals surface area contributed by atoms with Crippen LogP contribution in [0.5, 0.6) is 0 Å². The van der Waals surface area contributed by atoms with Gasteiger partial charge in [-0.3, -0.25) is 14.9 Å². The first-order valence-electron chi connectivity index (χ1n) is 7.57. The number of hydrogen-bond donors (Lipinski definition) is 1. The fourth-order valence-electron chi connectivity index (χ4n) is 1.98. The molecule has 0 aliphatic heterocycles. The van der Waals surface area contributed by atoms with Crippen LogP contribution in [-0.2, 0) is 9.53 Å². The van der Waals surface area contributed by atoms with Gasteiger partial charge < -0.3 is 10.1 Å². The molecule has 0 fully saturated rings. The lowest BCUT2D eigenvalue weighted by molar-refractivity contribution is -0.384. The molecule has 2 aromatic rings. The van der Waals surface area contributed by atoms with Crippen LogP contribution in [-0.4, -0.2) is 30.0 Å². The highest BCUT2D eigenvalue weighted by atomic mass is 32.2. The summed E-state index contributed by atoms with van der Waals surface area (Å²) in [5.41, 5.74) is -0.426. The Morgan fingerprint density at radius 3 is 2.62 bits per heavy atom. The third-order valence-electron chi connectivity index (χ3n) is 3.16. The first-order valence-corrected chi connectivity index (χ1v) is 8.38. The van der Waals surface area contributed by atoms with E-state index in [0.29, 0.717) is 6.54 Å². The standard InChI is InChI=1S/C17H15FN2O5S/c1-2-19-16(21)10-25-17(22)12-9-11(20(23)24)7-8-14(12)26-15-6-4-3-5-13(15)18/h3-9H,2,10H2,1H3,(H,19,21). The lowest BCUT2D eigenvalue weighted by atomic mass is 10.2. The summed E-state index contributed by atoms with van der Waals surface area (Å²) in [6.07, 6.45) is 0. The lowest BCUT2D eigenvalue weighted by Crippen LogP contribution is -2.28. The topological polar surface area (TPSA) is 98.5 Å². The summed E-state index contributed by atoms with van der Waals surface area (Å²) in [6, 6.07) is 9.54. The minimum absolute atomic E-state index is 0.114. The van der Waals surface area contributed by atoms with Crippen LogP contribution in [0.2, 0.25) is 0 Å². The van der Waals surface area contributed by atoms with Gasteiger partial charge in [-0.2, -0.15) is 0 Å². The van der Waals surface area contributed by atoms with Crippen LogP contribution in [0.25, 0.3) is 0 Å². The van der Waals surface area contributed by atoms with E-state index < -0.39 is 29.2 Å². The molecule has 0 spiro atoms. The molecule has 0 saturated carbocycles. The number of nitrogens with zero attached hydrogens (tertiary/aromatic N) is 1. The van der Waals surface area contributed by atoms with E-state index >= 15 is 0 Å². The molecule has 9 heteroatoms. The van der Waals surface area contributed by atoms with Crippen molar-refractivity contribution in [1.29, 1.82) is 0 Å². The molecule has 2 aromatic carbocycles. The van der Waals surface area contributed by atoms with Gasteiger partial charge in [-0.15, -0.1) is 0 Å². The molecule has 0 bridgehead atoms. The van der Waals surface area contributed by atoms with Gasteiger partial charge in [0.15, 0.2) is 6.61 Å². The van der Waals surface area contributed by atoms with E-state index in [1.165, 1.54) is 30.3 Å². The van der Waals surface area contributed by atoms with Gasteiger partial charge >= 0.3 is 5.97 Å². The molecular weight excluding hydrogens is 363 g/mol. The van der Waals surface area contributed by atoms with E-state index in [-0.39, 0.29) is 21.0 Å². The van der Waals surface area contributed by atoms with Crippen molar-refractivity contribution >= 4 is 29.3 Å². The maximum absolute atomic E-state index is 13.9. The molecule has 1 amide bonds. The maximum atomic E-state index is 13.9. The van der Waals surface area contributed by atoms with Crippen molar-refractivity contribution in [2.24, 2.45) is 0 Å². The fourth-order valence-corrected chi connectivity index (χ4v) is 2.92. The van der Waals surface area contributed by atoms with Crippen molar-refractivity contribution < 1.29 is 23.6 Å². The van der Waals surface area contributed by atoms with Gasteiger partial charge in [-0.1, -0.05) is 23.9 Å². The Bertz CT molecular complexity index is 844. The number of amides is 1. The lowest BCUT2D eigenvalue weighted by Gasteiger charge is -2.10. The Morgan fingerprint density at radius 1 is 1.23 bits per heavy atom. The van der Waals surface area contributed by atoms with E-state index in [0.717, 1.165) is 17.8 Å². The number of nitro groups is 1. The molecule has 136 valence electrons. The number of carbonyl (C=O) groups excluding carboxylic acids is 2. The SMILES string of the molecule is CCNC(=O)COC(=O)c1cc([N+](=O)[O-])ccc1Sc1ccccc1F. The zero-order valence-corrected chi connectivity index (χ0v) is 14.5. The van der Waals surface area contributed by atoms with Crippen molar-refractivity contribution in [2.45, 2.75) is 16.7 Å². The smallest absolute Gasteiger partial charge is 0.340 e. The van der Waals surface area contributed by atoms with Crippen molar-refractivity contribution in [3.05, 3.63) is 64.0 Å². The number of rotatable bonds is 7. The van der Waals surface area contributed by atoms with Gasteiger partial charge in [0.1, 0.15) is 5.82 Å². The van der Waals surface area contributed by atoms with Crippen LogP contribution in [0.1, 0.15) is 17.3 Å².